The maximum atomic E-state index is 13.5. The first-order valence-corrected chi connectivity index (χ1v) is 13.3. The molecule has 1 N–H and O–H groups in total. The van der Waals surface area contributed by atoms with Crippen molar-refractivity contribution in [1.29, 1.82) is 0 Å². The first-order chi connectivity index (χ1) is 16.5. The summed E-state index contributed by atoms with van der Waals surface area (Å²) in [5.74, 6) is -0.664. The fourth-order valence-corrected chi connectivity index (χ4v) is 4.00. The quantitative estimate of drug-likeness (QED) is 0.102. The highest BCUT2D eigenvalue weighted by atomic mass is 35.5. The molecule has 0 aromatic heterocycles. The molecule has 0 aliphatic carbocycles. The van der Waals surface area contributed by atoms with Crippen molar-refractivity contribution in [2.24, 2.45) is 0 Å². The van der Waals surface area contributed by atoms with Crippen LogP contribution in [-0.4, -0.2) is 85.7 Å². The Balaban J connectivity index is 3.51. The van der Waals surface area contributed by atoms with Gasteiger partial charge in [-0.25, -0.2) is 0 Å². The van der Waals surface area contributed by atoms with Gasteiger partial charge in [-0.1, -0.05) is 12.8 Å². The molecule has 0 aliphatic heterocycles. The summed E-state index contributed by atoms with van der Waals surface area (Å²) in [5, 5.41) is 32.2. The highest BCUT2D eigenvalue weighted by Gasteiger charge is 2.32. The molecule has 0 fully saturated rings. The van der Waals surface area contributed by atoms with Crippen LogP contribution in [0.25, 0.3) is 0 Å². The van der Waals surface area contributed by atoms with Gasteiger partial charge in [0.1, 0.15) is 5.69 Å². The lowest BCUT2D eigenvalue weighted by molar-refractivity contribution is -0.393. The van der Waals surface area contributed by atoms with E-state index in [9.17, 15) is 33.4 Å². The number of aliphatic hydroxyl groups is 1. The van der Waals surface area contributed by atoms with Gasteiger partial charge in [0.25, 0.3) is 27.4 Å². The Morgan fingerprint density at radius 2 is 1.74 bits per heavy atom. The monoisotopic (exact) mass is 538 g/mol. The number of carbonyl (C=O) groups excluding carboxylic acids is 1. The van der Waals surface area contributed by atoms with Crippen molar-refractivity contribution in [3.8, 4) is 0 Å². The number of rotatable bonds is 17. The lowest BCUT2D eigenvalue weighted by atomic mass is 10.1. The molecule has 198 valence electrons. The number of unbranched alkanes of at least 4 members (excludes halogenated alkanes) is 3. The fourth-order valence-electron chi connectivity index (χ4n) is 3.42. The molecular weight excluding hydrogens is 508 g/mol. The van der Waals surface area contributed by atoms with Gasteiger partial charge in [-0.3, -0.25) is 29.2 Å². The van der Waals surface area contributed by atoms with Crippen LogP contribution < -0.4 is 4.90 Å². The molecule has 0 aliphatic rings. The van der Waals surface area contributed by atoms with E-state index in [1.165, 1.54) is 9.80 Å². The van der Waals surface area contributed by atoms with Crippen molar-refractivity contribution in [1.82, 2.24) is 4.90 Å². The average Bonchev–Trinajstić information content (AvgIpc) is 2.78. The zero-order valence-electron chi connectivity index (χ0n) is 19.7. The molecule has 13 nitrogen and oxygen atoms in total. The van der Waals surface area contributed by atoms with Crippen molar-refractivity contribution in [3.63, 3.8) is 0 Å². The van der Waals surface area contributed by atoms with Crippen molar-refractivity contribution in [3.05, 3.63) is 37.9 Å². The van der Waals surface area contributed by atoms with Crippen LogP contribution >= 0.6 is 11.6 Å². The van der Waals surface area contributed by atoms with Crippen LogP contribution in [0.15, 0.2) is 12.1 Å². The van der Waals surface area contributed by atoms with Crippen LogP contribution in [0.2, 0.25) is 0 Å². The number of hydrogen-bond acceptors (Lipinski definition) is 10. The Labute approximate surface area is 209 Å². The van der Waals surface area contributed by atoms with Gasteiger partial charge in [0.05, 0.1) is 34.3 Å². The number of benzene rings is 1. The van der Waals surface area contributed by atoms with Gasteiger partial charge in [-0.2, -0.15) is 8.42 Å². The van der Waals surface area contributed by atoms with Crippen molar-refractivity contribution in [2.45, 2.75) is 32.6 Å². The van der Waals surface area contributed by atoms with Gasteiger partial charge in [-0.15, -0.1) is 11.6 Å². The largest absolute Gasteiger partial charge is 0.396 e. The Morgan fingerprint density at radius 3 is 2.26 bits per heavy atom. The lowest BCUT2D eigenvalue weighted by Gasteiger charge is -2.28. The average molecular weight is 539 g/mol. The summed E-state index contributed by atoms with van der Waals surface area (Å²) in [6, 6.07) is 1.74. The topological polar surface area (TPSA) is 173 Å². The predicted molar refractivity (Wildman–Crippen MR) is 131 cm³/mol. The van der Waals surface area contributed by atoms with Gasteiger partial charge in [0.15, 0.2) is 0 Å². The van der Waals surface area contributed by atoms with Gasteiger partial charge < -0.3 is 14.9 Å². The molecule has 1 aromatic rings. The number of nitro groups is 2. The second kappa shape index (κ2) is 14.8. The van der Waals surface area contributed by atoms with Crippen LogP contribution in [-0.2, 0) is 14.3 Å². The number of halogens is 1. The summed E-state index contributed by atoms with van der Waals surface area (Å²) in [6.07, 6.45) is 3.60. The van der Waals surface area contributed by atoms with Gasteiger partial charge in [0.2, 0.25) is 0 Å². The normalized spacial score (nSPS) is 11.3. The number of aliphatic hydroxyl groups excluding tert-OH is 1. The van der Waals surface area contributed by atoms with E-state index in [0.717, 1.165) is 31.2 Å². The number of hydrogen-bond donors (Lipinski definition) is 1. The molecule has 0 saturated carbocycles. The van der Waals surface area contributed by atoms with E-state index < -0.39 is 37.2 Å². The lowest BCUT2D eigenvalue weighted by Crippen LogP contribution is -2.36. The highest BCUT2D eigenvalue weighted by Crippen LogP contribution is 2.37. The molecule has 0 unspecified atom stereocenters. The second-order valence-corrected chi connectivity index (χ2v) is 9.62. The van der Waals surface area contributed by atoms with Gasteiger partial charge in [-0.05, 0) is 19.8 Å². The minimum Gasteiger partial charge on any atom is -0.396 e. The standard InChI is InChI=1S/C20H31ClN4O9S/c1-3-22(9-6-4-5-7-12-26)20(27)17-14-16(24(28)29)15-18(25(30)31)19(17)23(10-8-21)11-13-34-35(2,32)33/h14-15,26H,3-13H2,1-2H3. The number of nitro benzene ring substituents is 2. The number of alkyl halides is 1. The maximum absolute atomic E-state index is 13.5. The first-order valence-electron chi connectivity index (χ1n) is 11.0. The van der Waals surface area contributed by atoms with Crippen molar-refractivity contribution < 1.29 is 32.3 Å². The molecule has 1 amide bonds. The second-order valence-electron chi connectivity index (χ2n) is 7.60. The molecule has 15 heteroatoms. The third-order valence-corrected chi connectivity index (χ3v) is 5.81. The van der Waals surface area contributed by atoms with E-state index >= 15 is 0 Å². The van der Waals surface area contributed by atoms with E-state index in [1.807, 2.05) is 0 Å². The zero-order valence-corrected chi connectivity index (χ0v) is 21.3. The summed E-state index contributed by atoms with van der Waals surface area (Å²) in [5.41, 5.74) is -1.75. The number of non-ortho nitro benzene ring substituents is 1. The van der Waals surface area contributed by atoms with Gasteiger partial charge in [0, 0.05) is 44.7 Å². The molecule has 0 spiro atoms. The van der Waals surface area contributed by atoms with E-state index in [-0.39, 0.29) is 50.0 Å². The van der Waals surface area contributed by atoms with Crippen LogP contribution in [0.1, 0.15) is 43.0 Å². The molecule has 0 radical (unpaired) electrons. The highest BCUT2D eigenvalue weighted by molar-refractivity contribution is 7.85. The molecule has 35 heavy (non-hydrogen) atoms. The minimum absolute atomic E-state index is 0.0130. The number of carbonyl (C=O) groups is 1. The van der Waals surface area contributed by atoms with Crippen LogP contribution in [0, 0.1) is 20.2 Å². The van der Waals surface area contributed by atoms with Gasteiger partial charge >= 0.3 is 0 Å². The Hall–Kier alpha value is -2.55. The van der Waals surface area contributed by atoms with E-state index in [4.69, 9.17) is 20.9 Å². The van der Waals surface area contributed by atoms with Crippen molar-refractivity contribution in [2.75, 3.05) is 56.4 Å². The SMILES string of the molecule is CCN(CCCCCCO)C(=O)c1cc([N+](=O)[O-])cc([N+](=O)[O-])c1N(CCCl)CCOS(C)(=O)=O. The molecule has 0 heterocycles. The smallest absolute Gasteiger partial charge is 0.300 e. The molecule has 0 saturated heterocycles. The molecule has 1 rings (SSSR count). The van der Waals surface area contributed by atoms with Crippen LogP contribution in [0.5, 0.6) is 0 Å². The van der Waals surface area contributed by atoms with Crippen LogP contribution in [0.4, 0.5) is 17.1 Å². The summed E-state index contributed by atoms with van der Waals surface area (Å²) < 4.78 is 27.4. The third-order valence-electron chi connectivity index (χ3n) is 5.05. The Bertz CT molecular complexity index is 991. The number of anilines is 1. The fraction of sp³-hybridized carbons (Fsp3) is 0.650. The van der Waals surface area contributed by atoms with Crippen molar-refractivity contribution >= 4 is 44.7 Å². The zero-order chi connectivity index (χ0) is 26.6. The number of nitrogens with zero attached hydrogens (tertiary/aromatic N) is 4. The summed E-state index contributed by atoms with van der Waals surface area (Å²) in [7, 11) is -3.80. The van der Waals surface area contributed by atoms with Crippen LogP contribution in [0.3, 0.4) is 0 Å². The maximum Gasteiger partial charge on any atom is 0.300 e. The Morgan fingerprint density at radius 1 is 1.09 bits per heavy atom. The first kappa shape index (κ1) is 30.5. The van der Waals surface area contributed by atoms with E-state index in [2.05, 4.69) is 0 Å². The molecule has 0 atom stereocenters. The Kier molecular flexibility index (Phi) is 12.9. The summed E-state index contributed by atoms with van der Waals surface area (Å²) in [4.78, 5) is 37.9. The molecule has 0 bridgehead atoms. The summed E-state index contributed by atoms with van der Waals surface area (Å²) in [6.45, 7) is 1.78. The van der Waals surface area contributed by atoms with E-state index in [0.29, 0.717) is 19.4 Å². The molecular formula is C20H31ClN4O9S. The summed E-state index contributed by atoms with van der Waals surface area (Å²) >= 11 is 5.87. The van der Waals surface area contributed by atoms with E-state index in [1.54, 1.807) is 6.92 Å². The number of amides is 1. The minimum atomic E-state index is -3.80. The third kappa shape index (κ3) is 9.92. The molecule has 1 aromatic carbocycles. The predicted octanol–water partition coefficient (Wildman–Crippen LogP) is 2.54.